The van der Waals surface area contributed by atoms with Crippen LogP contribution in [0.15, 0.2) is 48.5 Å². The van der Waals surface area contributed by atoms with Gasteiger partial charge in [-0.05, 0) is 54.7 Å². The fourth-order valence-corrected chi connectivity index (χ4v) is 3.49. The zero-order valence-electron chi connectivity index (χ0n) is 13.3. The maximum absolute atomic E-state index is 13.7. The Morgan fingerprint density at radius 3 is 2.92 bits per heavy atom. The van der Waals surface area contributed by atoms with Gasteiger partial charge in [-0.1, -0.05) is 24.3 Å². The van der Waals surface area contributed by atoms with Crippen LogP contribution in [0.25, 0.3) is 10.9 Å². The molecule has 2 N–H and O–H groups in total. The highest BCUT2D eigenvalue weighted by Gasteiger charge is 2.22. The van der Waals surface area contributed by atoms with Gasteiger partial charge in [0.25, 0.3) is 0 Å². The molecule has 0 fully saturated rings. The van der Waals surface area contributed by atoms with Gasteiger partial charge < -0.3 is 10.4 Å². The van der Waals surface area contributed by atoms with E-state index in [1.54, 1.807) is 6.07 Å². The number of hydrogen-bond donors (Lipinski definition) is 2. The summed E-state index contributed by atoms with van der Waals surface area (Å²) in [5, 5.41) is 14.1. The fraction of sp³-hybridized carbons (Fsp3) is 0.250. The molecule has 0 radical (unpaired) electrons. The number of anilines is 1. The molecule has 2 aromatic carbocycles. The van der Waals surface area contributed by atoms with Crippen molar-refractivity contribution in [2.45, 2.75) is 31.9 Å². The molecule has 1 aliphatic carbocycles. The van der Waals surface area contributed by atoms with Crippen LogP contribution >= 0.6 is 0 Å². The largest absolute Gasteiger partial charge is 0.392 e. The number of rotatable bonds is 3. The van der Waals surface area contributed by atoms with Gasteiger partial charge in [0, 0.05) is 10.9 Å². The third kappa shape index (κ3) is 2.74. The Kier molecular flexibility index (Phi) is 3.90. The van der Waals surface area contributed by atoms with Crippen LogP contribution in [0.3, 0.4) is 0 Å². The quantitative estimate of drug-likeness (QED) is 0.753. The standard InChI is InChI=1S/C20H19FN2O/c21-16-9-8-13-5-3-7-19(17(13)11-16)23-20-15(12-24)10-14-4-1-2-6-18(14)22-20/h1-2,4,6,8-11,19,24H,3,5,7,12H2,(H,22,23). The van der Waals surface area contributed by atoms with Crippen molar-refractivity contribution in [2.24, 2.45) is 0 Å². The van der Waals surface area contributed by atoms with Crippen molar-refractivity contribution in [1.29, 1.82) is 0 Å². The Morgan fingerprint density at radius 1 is 1.17 bits per heavy atom. The molecule has 1 aliphatic rings. The van der Waals surface area contributed by atoms with Crippen LogP contribution in [0.4, 0.5) is 10.2 Å². The summed E-state index contributed by atoms with van der Waals surface area (Å²) >= 11 is 0. The number of fused-ring (bicyclic) bond motifs is 2. The first-order valence-corrected chi connectivity index (χ1v) is 8.29. The summed E-state index contributed by atoms with van der Waals surface area (Å²) in [6, 6.07) is 14.8. The molecule has 122 valence electrons. The van der Waals surface area contributed by atoms with Crippen LogP contribution < -0.4 is 5.32 Å². The van der Waals surface area contributed by atoms with Gasteiger partial charge in [0.05, 0.1) is 18.2 Å². The number of aliphatic hydroxyl groups excluding tert-OH is 1. The van der Waals surface area contributed by atoms with E-state index in [0.717, 1.165) is 41.3 Å². The third-order valence-corrected chi connectivity index (χ3v) is 4.71. The average molecular weight is 322 g/mol. The summed E-state index contributed by atoms with van der Waals surface area (Å²) in [4.78, 5) is 4.67. The van der Waals surface area contributed by atoms with E-state index < -0.39 is 0 Å². The highest BCUT2D eigenvalue weighted by molar-refractivity contribution is 5.81. The van der Waals surface area contributed by atoms with Gasteiger partial charge in [-0.15, -0.1) is 0 Å². The molecule has 24 heavy (non-hydrogen) atoms. The molecular weight excluding hydrogens is 303 g/mol. The van der Waals surface area contributed by atoms with E-state index >= 15 is 0 Å². The minimum Gasteiger partial charge on any atom is -0.392 e. The zero-order valence-corrected chi connectivity index (χ0v) is 13.3. The number of benzene rings is 2. The van der Waals surface area contributed by atoms with Crippen molar-refractivity contribution in [3.63, 3.8) is 0 Å². The number of para-hydroxylation sites is 1. The molecule has 0 aliphatic heterocycles. The zero-order chi connectivity index (χ0) is 16.5. The summed E-state index contributed by atoms with van der Waals surface area (Å²) in [5.74, 6) is 0.467. The molecule has 1 aromatic heterocycles. The first-order valence-electron chi connectivity index (χ1n) is 8.29. The minimum absolute atomic E-state index is 0.0170. The van der Waals surface area contributed by atoms with Gasteiger partial charge >= 0.3 is 0 Å². The van der Waals surface area contributed by atoms with E-state index in [9.17, 15) is 9.50 Å². The summed E-state index contributed by atoms with van der Waals surface area (Å²) in [6.45, 7) is -0.0805. The van der Waals surface area contributed by atoms with Gasteiger partial charge in [0.15, 0.2) is 0 Å². The predicted molar refractivity (Wildman–Crippen MR) is 93.4 cm³/mol. The molecule has 1 heterocycles. The van der Waals surface area contributed by atoms with Crippen molar-refractivity contribution in [3.05, 3.63) is 71.0 Å². The topological polar surface area (TPSA) is 45.2 Å². The second kappa shape index (κ2) is 6.21. The van der Waals surface area contributed by atoms with E-state index in [0.29, 0.717) is 5.82 Å². The molecule has 3 nitrogen and oxygen atoms in total. The van der Waals surface area contributed by atoms with Gasteiger partial charge in [-0.3, -0.25) is 0 Å². The number of pyridine rings is 1. The number of aromatic nitrogens is 1. The monoisotopic (exact) mass is 322 g/mol. The number of halogens is 1. The van der Waals surface area contributed by atoms with Gasteiger partial charge in [-0.2, -0.15) is 0 Å². The molecule has 0 saturated carbocycles. The van der Waals surface area contributed by atoms with Gasteiger partial charge in [0.2, 0.25) is 0 Å². The van der Waals surface area contributed by atoms with Crippen LogP contribution in [0, 0.1) is 5.82 Å². The van der Waals surface area contributed by atoms with Crippen LogP contribution in [0.1, 0.15) is 35.6 Å². The Balaban J connectivity index is 1.74. The number of nitrogens with zero attached hydrogens (tertiary/aromatic N) is 1. The smallest absolute Gasteiger partial charge is 0.132 e. The molecule has 1 atom stereocenters. The summed E-state index contributed by atoms with van der Waals surface area (Å²) < 4.78 is 13.7. The Labute approximate surface area is 140 Å². The van der Waals surface area contributed by atoms with Crippen LogP contribution in [-0.2, 0) is 13.0 Å². The molecule has 4 heteroatoms. The summed E-state index contributed by atoms with van der Waals surface area (Å²) in [5.41, 5.74) is 3.83. The summed E-state index contributed by atoms with van der Waals surface area (Å²) in [7, 11) is 0. The van der Waals surface area contributed by atoms with E-state index in [4.69, 9.17) is 0 Å². The van der Waals surface area contributed by atoms with Crippen LogP contribution in [0.5, 0.6) is 0 Å². The number of aryl methyl sites for hydroxylation is 1. The molecule has 0 saturated heterocycles. The number of nitrogens with one attached hydrogen (secondary N) is 1. The van der Waals surface area contributed by atoms with Crippen molar-refractivity contribution in [1.82, 2.24) is 4.98 Å². The first kappa shape index (κ1) is 15.1. The first-order chi connectivity index (χ1) is 11.7. The lowest BCUT2D eigenvalue weighted by atomic mass is 9.87. The molecule has 1 unspecified atom stereocenters. The molecule has 0 spiro atoms. The van der Waals surface area contributed by atoms with E-state index in [1.165, 1.54) is 11.6 Å². The van der Waals surface area contributed by atoms with Gasteiger partial charge in [0.1, 0.15) is 11.6 Å². The lowest BCUT2D eigenvalue weighted by Crippen LogP contribution is -2.19. The Bertz CT molecular complexity index is 894. The molecular formula is C20H19FN2O. The van der Waals surface area contributed by atoms with Crippen LogP contribution in [-0.4, -0.2) is 10.1 Å². The second-order valence-electron chi connectivity index (χ2n) is 6.28. The minimum atomic E-state index is -0.212. The maximum atomic E-state index is 13.7. The lowest BCUT2D eigenvalue weighted by molar-refractivity contribution is 0.282. The number of aliphatic hydroxyl groups is 1. The van der Waals surface area contributed by atoms with Gasteiger partial charge in [-0.25, -0.2) is 9.37 Å². The molecule has 0 amide bonds. The Hall–Kier alpha value is -2.46. The van der Waals surface area contributed by atoms with Crippen molar-refractivity contribution in [2.75, 3.05) is 5.32 Å². The van der Waals surface area contributed by atoms with Crippen molar-refractivity contribution >= 4 is 16.7 Å². The van der Waals surface area contributed by atoms with E-state index in [1.807, 2.05) is 36.4 Å². The van der Waals surface area contributed by atoms with E-state index in [2.05, 4.69) is 10.3 Å². The fourth-order valence-electron chi connectivity index (χ4n) is 3.49. The second-order valence-corrected chi connectivity index (χ2v) is 6.28. The van der Waals surface area contributed by atoms with Crippen molar-refractivity contribution < 1.29 is 9.50 Å². The number of hydrogen-bond acceptors (Lipinski definition) is 3. The SMILES string of the molecule is OCc1cc2ccccc2nc1NC1CCCc2ccc(F)cc21. The summed E-state index contributed by atoms with van der Waals surface area (Å²) in [6.07, 6.45) is 2.96. The maximum Gasteiger partial charge on any atom is 0.132 e. The highest BCUT2D eigenvalue weighted by atomic mass is 19.1. The third-order valence-electron chi connectivity index (χ3n) is 4.71. The average Bonchev–Trinajstić information content (AvgIpc) is 2.61. The molecule has 4 rings (SSSR count). The lowest BCUT2D eigenvalue weighted by Gasteiger charge is -2.27. The Morgan fingerprint density at radius 2 is 2.04 bits per heavy atom. The van der Waals surface area contributed by atoms with Crippen molar-refractivity contribution in [3.8, 4) is 0 Å². The molecule has 3 aromatic rings. The molecule has 0 bridgehead atoms. The predicted octanol–water partition coefficient (Wildman–Crippen LogP) is 4.36. The van der Waals surface area contributed by atoms with Crippen LogP contribution in [0.2, 0.25) is 0 Å². The highest BCUT2D eigenvalue weighted by Crippen LogP contribution is 2.34. The normalized spacial score (nSPS) is 16.8. The van der Waals surface area contributed by atoms with E-state index in [-0.39, 0.29) is 18.5 Å².